The van der Waals surface area contributed by atoms with Crippen molar-refractivity contribution in [2.45, 2.75) is 6.42 Å². The molecular weight excluding hydrogens is 372 g/mol. The van der Waals surface area contributed by atoms with Gasteiger partial charge in [0.2, 0.25) is 0 Å². The summed E-state index contributed by atoms with van der Waals surface area (Å²) in [5.74, 6) is -0.199. The van der Waals surface area contributed by atoms with E-state index in [-0.39, 0.29) is 5.91 Å². The SMILES string of the molecule is O=C(NCCc1c[nH]c2ccccc12)c1cc(Nc2cccc(Cl)c2)ccn1. The number of nitrogens with zero attached hydrogens (tertiary/aromatic N) is 1. The minimum atomic E-state index is -0.199. The highest BCUT2D eigenvalue weighted by atomic mass is 35.5. The molecule has 0 bridgehead atoms. The van der Waals surface area contributed by atoms with E-state index in [1.807, 2.05) is 54.7 Å². The summed E-state index contributed by atoms with van der Waals surface area (Å²) in [4.78, 5) is 19.9. The number of rotatable bonds is 6. The fraction of sp³-hybridized carbons (Fsp3) is 0.0909. The fourth-order valence-corrected chi connectivity index (χ4v) is 3.30. The number of amides is 1. The molecule has 0 aliphatic carbocycles. The number of carbonyl (C=O) groups is 1. The van der Waals surface area contributed by atoms with Crippen molar-refractivity contribution in [1.29, 1.82) is 0 Å². The Labute approximate surface area is 167 Å². The molecule has 0 saturated heterocycles. The summed E-state index contributed by atoms with van der Waals surface area (Å²) in [5.41, 5.74) is 4.28. The molecule has 3 N–H and O–H groups in total. The van der Waals surface area contributed by atoms with Crippen LogP contribution in [0.1, 0.15) is 16.1 Å². The third kappa shape index (κ3) is 4.15. The molecule has 140 valence electrons. The van der Waals surface area contributed by atoms with Crippen LogP contribution < -0.4 is 10.6 Å². The molecule has 0 spiro atoms. The van der Waals surface area contributed by atoms with Gasteiger partial charge < -0.3 is 15.6 Å². The molecule has 6 heteroatoms. The molecule has 0 unspecified atom stereocenters. The van der Waals surface area contributed by atoms with E-state index in [1.165, 1.54) is 10.9 Å². The van der Waals surface area contributed by atoms with E-state index in [0.29, 0.717) is 17.3 Å². The van der Waals surface area contributed by atoms with Crippen LogP contribution in [0.15, 0.2) is 73.1 Å². The lowest BCUT2D eigenvalue weighted by Crippen LogP contribution is -2.26. The summed E-state index contributed by atoms with van der Waals surface area (Å²) in [6, 6.07) is 19.1. The predicted molar refractivity (Wildman–Crippen MR) is 113 cm³/mol. The molecule has 4 rings (SSSR count). The number of fused-ring (bicyclic) bond motifs is 1. The van der Waals surface area contributed by atoms with Gasteiger partial charge in [-0.15, -0.1) is 0 Å². The van der Waals surface area contributed by atoms with Gasteiger partial charge in [-0.25, -0.2) is 0 Å². The number of carbonyl (C=O) groups excluding carboxylic acids is 1. The second-order valence-corrected chi connectivity index (χ2v) is 6.87. The van der Waals surface area contributed by atoms with Gasteiger partial charge in [0.15, 0.2) is 0 Å². The average Bonchev–Trinajstić information content (AvgIpc) is 3.11. The van der Waals surface area contributed by atoms with E-state index in [2.05, 4.69) is 26.7 Å². The number of hydrogen-bond donors (Lipinski definition) is 3. The highest BCUT2D eigenvalue weighted by Crippen LogP contribution is 2.20. The summed E-state index contributed by atoms with van der Waals surface area (Å²) in [7, 11) is 0. The largest absolute Gasteiger partial charge is 0.361 e. The lowest BCUT2D eigenvalue weighted by Gasteiger charge is -2.09. The van der Waals surface area contributed by atoms with Crippen molar-refractivity contribution < 1.29 is 4.79 Å². The zero-order valence-electron chi connectivity index (χ0n) is 15.1. The Morgan fingerprint density at radius 3 is 2.79 bits per heavy atom. The number of nitrogens with one attached hydrogen (secondary N) is 3. The van der Waals surface area contributed by atoms with Crippen LogP contribution in [0.4, 0.5) is 11.4 Å². The lowest BCUT2D eigenvalue weighted by atomic mass is 10.1. The van der Waals surface area contributed by atoms with Crippen molar-refractivity contribution in [1.82, 2.24) is 15.3 Å². The zero-order chi connectivity index (χ0) is 19.3. The first kappa shape index (κ1) is 18.1. The molecule has 2 aromatic heterocycles. The summed E-state index contributed by atoms with van der Waals surface area (Å²) in [6.07, 6.45) is 4.35. The molecule has 1 amide bonds. The van der Waals surface area contributed by atoms with Gasteiger partial charge in [-0.1, -0.05) is 35.9 Å². The third-order valence-electron chi connectivity index (χ3n) is 4.46. The molecule has 0 saturated carbocycles. The molecule has 28 heavy (non-hydrogen) atoms. The van der Waals surface area contributed by atoms with Crippen LogP contribution in [0.25, 0.3) is 10.9 Å². The van der Waals surface area contributed by atoms with Crippen LogP contribution in [0.5, 0.6) is 0 Å². The summed E-state index contributed by atoms with van der Waals surface area (Å²) in [6.45, 7) is 0.536. The zero-order valence-corrected chi connectivity index (χ0v) is 15.8. The molecule has 2 aromatic carbocycles. The average molecular weight is 391 g/mol. The van der Waals surface area contributed by atoms with E-state index in [4.69, 9.17) is 11.6 Å². The topological polar surface area (TPSA) is 69.8 Å². The maximum atomic E-state index is 12.5. The van der Waals surface area contributed by atoms with Gasteiger partial charge in [0.05, 0.1) is 0 Å². The number of H-pyrrole nitrogens is 1. The number of anilines is 2. The Morgan fingerprint density at radius 2 is 1.89 bits per heavy atom. The first-order valence-corrected chi connectivity index (χ1v) is 9.39. The van der Waals surface area contributed by atoms with Gasteiger partial charge in [-0.2, -0.15) is 0 Å². The Kier molecular flexibility index (Phi) is 5.26. The predicted octanol–water partition coefficient (Wildman–Crippen LogP) is 4.93. The molecule has 4 aromatic rings. The normalized spacial score (nSPS) is 10.8. The van der Waals surface area contributed by atoms with Crippen LogP contribution in [-0.4, -0.2) is 22.4 Å². The van der Waals surface area contributed by atoms with Gasteiger partial charge in [0, 0.05) is 46.2 Å². The van der Waals surface area contributed by atoms with Crippen LogP contribution >= 0.6 is 11.6 Å². The van der Waals surface area contributed by atoms with Crippen molar-refractivity contribution in [3.63, 3.8) is 0 Å². The second kappa shape index (κ2) is 8.15. The molecule has 0 radical (unpaired) electrons. The molecule has 0 aliphatic heterocycles. The van der Waals surface area contributed by atoms with Crippen LogP contribution in [0.3, 0.4) is 0 Å². The minimum Gasteiger partial charge on any atom is -0.361 e. The van der Waals surface area contributed by atoms with Crippen molar-refractivity contribution in [2.24, 2.45) is 0 Å². The highest BCUT2D eigenvalue weighted by molar-refractivity contribution is 6.30. The molecule has 2 heterocycles. The first-order valence-electron chi connectivity index (χ1n) is 9.01. The van der Waals surface area contributed by atoms with E-state index in [1.54, 1.807) is 12.3 Å². The standard InChI is InChI=1S/C22H19ClN4O/c23-16-4-3-5-17(12-16)27-18-9-11-24-21(13-18)22(28)25-10-8-15-14-26-20-7-2-1-6-19(15)20/h1-7,9,11-14,26H,8,10H2,(H,24,27)(H,25,28). The molecule has 5 nitrogen and oxygen atoms in total. The monoisotopic (exact) mass is 390 g/mol. The Hall–Kier alpha value is -3.31. The first-order chi connectivity index (χ1) is 13.7. The molecule has 0 atom stereocenters. The van der Waals surface area contributed by atoms with Crippen LogP contribution in [-0.2, 0) is 6.42 Å². The van der Waals surface area contributed by atoms with Crippen LogP contribution in [0, 0.1) is 0 Å². The van der Waals surface area contributed by atoms with Crippen molar-refractivity contribution in [3.05, 3.63) is 89.3 Å². The maximum Gasteiger partial charge on any atom is 0.269 e. The summed E-state index contributed by atoms with van der Waals surface area (Å²) in [5, 5.41) is 8.00. The third-order valence-corrected chi connectivity index (χ3v) is 4.70. The van der Waals surface area contributed by atoms with E-state index < -0.39 is 0 Å². The lowest BCUT2D eigenvalue weighted by molar-refractivity contribution is 0.0949. The minimum absolute atomic E-state index is 0.199. The van der Waals surface area contributed by atoms with Crippen molar-refractivity contribution >= 4 is 39.8 Å². The molecule has 0 aliphatic rings. The Morgan fingerprint density at radius 1 is 1.04 bits per heavy atom. The van der Waals surface area contributed by atoms with E-state index in [0.717, 1.165) is 23.3 Å². The number of hydrogen-bond acceptors (Lipinski definition) is 3. The number of para-hydroxylation sites is 1. The number of pyridine rings is 1. The van der Waals surface area contributed by atoms with Gasteiger partial charge in [0.25, 0.3) is 5.91 Å². The van der Waals surface area contributed by atoms with Gasteiger partial charge in [-0.05, 0) is 48.4 Å². The Bertz CT molecular complexity index is 1120. The number of halogens is 1. The molecular formula is C22H19ClN4O. The number of aromatic nitrogens is 2. The highest BCUT2D eigenvalue weighted by Gasteiger charge is 2.09. The summed E-state index contributed by atoms with van der Waals surface area (Å²) < 4.78 is 0. The van der Waals surface area contributed by atoms with Gasteiger partial charge in [0.1, 0.15) is 5.69 Å². The van der Waals surface area contributed by atoms with Crippen molar-refractivity contribution in [2.75, 3.05) is 11.9 Å². The Balaban J connectivity index is 1.38. The fourth-order valence-electron chi connectivity index (χ4n) is 3.11. The quantitative estimate of drug-likeness (QED) is 0.437. The molecule has 0 fully saturated rings. The number of aromatic amines is 1. The maximum absolute atomic E-state index is 12.5. The van der Waals surface area contributed by atoms with Crippen LogP contribution in [0.2, 0.25) is 5.02 Å². The summed E-state index contributed by atoms with van der Waals surface area (Å²) >= 11 is 6.01. The van der Waals surface area contributed by atoms with E-state index >= 15 is 0 Å². The smallest absolute Gasteiger partial charge is 0.269 e. The van der Waals surface area contributed by atoms with Gasteiger partial charge in [-0.3, -0.25) is 9.78 Å². The number of benzene rings is 2. The van der Waals surface area contributed by atoms with E-state index in [9.17, 15) is 4.79 Å². The van der Waals surface area contributed by atoms with Crippen molar-refractivity contribution in [3.8, 4) is 0 Å². The van der Waals surface area contributed by atoms with Gasteiger partial charge >= 0.3 is 0 Å². The second-order valence-electron chi connectivity index (χ2n) is 6.43.